The smallest absolute Gasteiger partial charge is 0.214 e. The van der Waals surface area contributed by atoms with E-state index in [9.17, 15) is 8.42 Å². The highest BCUT2D eigenvalue weighted by molar-refractivity contribution is 7.89. The number of hydrogen-bond donors (Lipinski definition) is 1. The minimum Gasteiger partial charge on any atom is -0.357 e. The Bertz CT molecular complexity index is 528. The molecule has 0 unspecified atom stereocenters. The van der Waals surface area contributed by atoms with Crippen molar-refractivity contribution in [3.63, 3.8) is 0 Å². The number of guanidine groups is 1. The fraction of sp³-hybridized carbons (Fsp3) is 0.933. The zero-order valence-electron chi connectivity index (χ0n) is 13.6. The van der Waals surface area contributed by atoms with Crippen molar-refractivity contribution in [2.24, 2.45) is 10.4 Å². The molecule has 2 heterocycles. The Balaban J connectivity index is 1.56. The molecule has 3 aliphatic rings. The van der Waals surface area contributed by atoms with Crippen LogP contribution in [0.25, 0.3) is 0 Å². The number of sulfonamides is 1. The van der Waals surface area contributed by atoms with Crippen LogP contribution in [0.1, 0.15) is 39.0 Å². The van der Waals surface area contributed by atoms with E-state index in [1.165, 1.54) is 25.7 Å². The lowest BCUT2D eigenvalue weighted by Gasteiger charge is -2.38. The predicted octanol–water partition coefficient (Wildman–Crippen LogP) is 0.863. The first kappa shape index (κ1) is 16.1. The van der Waals surface area contributed by atoms with E-state index in [0.717, 1.165) is 32.0 Å². The van der Waals surface area contributed by atoms with Crippen LogP contribution in [0.3, 0.4) is 0 Å². The fourth-order valence-corrected chi connectivity index (χ4v) is 5.36. The summed E-state index contributed by atoms with van der Waals surface area (Å²) in [7, 11) is -3.00. The molecular weight excluding hydrogens is 300 g/mol. The quantitative estimate of drug-likeness (QED) is 0.614. The molecule has 0 aromatic carbocycles. The van der Waals surface area contributed by atoms with E-state index >= 15 is 0 Å². The predicted molar refractivity (Wildman–Crippen MR) is 88.4 cm³/mol. The van der Waals surface area contributed by atoms with Crippen LogP contribution in [0.2, 0.25) is 0 Å². The second kappa shape index (κ2) is 6.35. The van der Waals surface area contributed by atoms with Gasteiger partial charge in [-0.2, -0.15) is 0 Å². The largest absolute Gasteiger partial charge is 0.357 e. The summed E-state index contributed by atoms with van der Waals surface area (Å²) in [5.41, 5.74) is 0.550. The lowest BCUT2D eigenvalue weighted by Crippen LogP contribution is -2.43. The van der Waals surface area contributed by atoms with Crippen LogP contribution in [0.4, 0.5) is 0 Å². The highest BCUT2D eigenvalue weighted by Crippen LogP contribution is 2.47. The first-order valence-electron chi connectivity index (χ1n) is 8.56. The average molecular weight is 328 g/mol. The lowest BCUT2D eigenvalue weighted by molar-refractivity contribution is 0.151. The molecule has 3 rings (SSSR count). The summed E-state index contributed by atoms with van der Waals surface area (Å²) >= 11 is 0. The molecule has 22 heavy (non-hydrogen) atoms. The van der Waals surface area contributed by atoms with E-state index in [-0.39, 0.29) is 0 Å². The van der Waals surface area contributed by atoms with E-state index in [0.29, 0.717) is 30.8 Å². The summed E-state index contributed by atoms with van der Waals surface area (Å²) in [6.45, 7) is 6.83. The number of likely N-dealkylation sites (tertiary alicyclic amines) is 1. The molecule has 0 amide bonds. The molecular formula is C15H28N4O2S. The maximum Gasteiger partial charge on any atom is 0.214 e. The van der Waals surface area contributed by atoms with Gasteiger partial charge in [0.1, 0.15) is 0 Å². The van der Waals surface area contributed by atoms with E-state index in [2.05, 4.69) is 22.1 Å². The van der Waals surface area contributed by atoms with Crippen molar-refractivity contribution in [1.82, 2.24) is 14.5 Å². The van der Waals surface area contributed by atoms with Crippen LogP contribution < -0.4 is 5.32 Å². The zero-order valence-corrected chi connectivity index (χ0v) is 14.4. The molecule has 0 aromatic rings. The molecule has 2 saturated heterocycles. The Morgan fingerprint density at radius 2 is 2.05 bits per heavy atom. The maximum atomic E-state index is 11.8. The van der Waals surface area contributed by atoms with E-state index < -0.39 is 10.0 Å². The Hall–Kier alpha value is -0.820. The molecule has 0 radical (unpaired) electrons. The minimum absolute atomic E-state index is 0.297. The van der Waals surface area contributed by atoms with Crippen molar-refractivity contribution in [3.8, 4) is 0 Å². The normalized spacial score (nSPS) is 27.3. The van der Waals surface area contributed by atoms with E-state index in [4.69, 9.17) is 0 Å². The maximum absolute atomic E-state index is 11.8. The van der Waals surface area contributed by atoms with Gasteiger partial charge in [0.2, 0.25) is 10.0 Å². The van der Waals surface area contributed by atoms with E-state index in [1.54, 1.807) is 4.31 Å². The third kappa shape index (κ3) is 3.25. The van der Waals surface area contributed by atoms with Gasteiger partial charge < -0.3 is 10.2 Å². The SMILES string of the molecule is CCNC(=NCCN1CCCS1(=O)=O)N1CCC2(CCC2)C1. The molecule has 126 valence electrons. The molecule has 1 aliphatic carbocycles. The topological polar surface area (TPSA) is 65.0 Å². The zero-order chi connectivity index (χ0) is 15.6. The van der Waals surface area contributed by atoms with E-state index in [1.807, 2.05) is 0 Å². The summed E-state index contributed by atoms with van der Waals surface area (Å²) in [4.78, 5) is 7.04. The van der Waals surface area contributed by atoms with Gasteiger partial charge >= 0.3 is 0 Å². The molecule has 2 aliphatic heterocycles. The first-order chi connectivity index (χ1) is 10.5. The molecule has 0 bridgehead atoms. The summed E-state index contributed by atoms with van der Waals surface area (Å²) in [6, 6.07) is 0. The summed E-state index contributed by atoms with van der Waals surface area (Å²) < 4.78 is 25.2. The standard InChI is InChI=1S/C15H28N4O2S/c1-2-16-14(18-10-7-15(13-18)5-3-6-15)17-8-11-19-9-4-12-22(19,20)21/h2-13H2,1H3,(H,16,17). The summed E-state index contributed by atoms with van der Waals surface area (Å²) in [6.07, 6.45) is 6.11. The van der Waals surface area contributed by atoms with Crippen LogP contribution in [0.5, 0.6) is 0 Å². The number of hydrogen-bond acceptors (Lipinski definition) is 3. The van der Waals surface area contributed by atoms with Crippen molar-refractivity contribution < 1.29 is 8.42 Å². The average Bonchev–Trinajstić information content (AvgIpc) is 3.02. The number of aliphatic imine (C=N–C) groups is 1. The highest BCUT2D eigenvalue weighted by Gasteiger charge is 2.43. The van der Waals surface area contributed by atoms with Gasteiger partial charge in [-0.1, -0.05) is 6.42 Å². The van der Waals surface area contributed by atoms with Crippen molar-refractivity contribution in [1.29, 1.82) is 0 Å². The molecule has 0 aromatic heterocycles. The molecule has 1 saturated carbocycles. The first-order valence-corrected chi connectivity index (χ1v) is 10.2. The Morgan fingerprint density at radius 3 is 2.59 bits per heavy atom. The second-order valence-electron chi connectivity index (χ2n) is 6.83. The summed E-state index contributed by atoms with van der Waals surface area (Å²) in [5, 5.41) is 3.36. The van der Waals surface area contributed by atoms with Gasteiger partial charge in [-0.15, -0.1) is 0 Å². The molecule has 3 fully saturated rings. The Labute approximate surface area is 134 Å². The third-order valence-corrected chi connectivity index (χ3v) is 7.26. The van der Waals surface area contributed by atoms with Crippen molar-refractivity contribution >= 4 is 16.0 Å². The summed E-state index contributed by atoms with van der Waals surface area (Å²) in [5.74, 6) is 1.26. The van der Waals surface area contributed by atoms with Gasteiger partial charge in [0.05, 0.1) is 12.3 Å². The minimum atomic E-state index is -3.00. The van der Waals surface area contributed by atoms with Gasteiger partial charge in [-0.05, 0) is 38.0 Å². The molecule has 6 nitrogen and oxygen atoms in total. The van der Waals surface area contributed by atoms with Crippen LogP contribution in [-0.4, -0.2) is 68.6 Å². The molecule has 0 atom stereocenters. The second-order valence-corrected chi connectivity index (χ2v) is 8.92. The highest BCUT2D eigenvalue weighted by atomic mass is 32.2. The molecule has 7 heteroatoms. The van der Waals surface area contributed by atoms with Gasteiger partial charge in [0, 0.05) is 32.7 Å². The third-order valence-electron chi connectivity index (χ3n) is 5.30. The fourth-order valence-electron chi connectivity index (χ4n) is 3.84. The van der Waals surface area contributed by atoms with Crippen LogP contribution in [0.15, 0.2) is 4.99 Å². The number of nitrogens with zero attached hydrogens (tertiary/aromatic N) is 3. The van der Waals surface area contributed by atoms with Gasteiger partial charge in [0.25, 0.3) is 0 Å². The molecule has 1 N–H and O–H groups in total. The van der Waals surface area contributed by atoms with Crippen molar-refractivity contribution in [3.05, 3.63) is 0 Å². The van der Waals surface area contributed by atoms with Gasteiger partial charge in [0.15, 0.2) is 5.96 Å². The van der Waals surface area contributed by atoms with Gasteiger partial charge in [-0.25, -0.2) is 12.7 Å². The number of rotatable bonds is 4. The lowest BCUT2D eigenvalue weighted by atomic mass is 9.68. The molecule has 1 spiro atoms. The number of nitrogens with one attached hydrogen (secondary N) is 1. The van der Waals surface area contributed by atoms with Crippen molar-refractivity contribution in [2.75, 3.05) is 45.0 Å². The van der Waals surface area contributed by atoms with Crippen LogP contribution in [0, 0.1) is 5.41 Å². The van der Waals surface area contributed by atoms with Crippen LogP contribution >= 0.6 is 0 Å². The Morgan fingerprint density at radius 1 is 1.23 bits per heavy atom. The van der Waals surface area contributed by atoms with Gasteiger partial charge in [-0.3, -0.25) is 4.99 Å². The monoisotopic (exact) mass is 328 g/mol. The Kier molecular flexibility index (Phi) is 4.64. The van der Waals surface area contributed by atoms with Crippen LogP contribution in [-0.2, 0) is 10.0 Å². The van der Waals surface area contributed by atoms with Crippen molar-refractivity contribution in [2.45, 2.75) is 39.0 Å².